The van der Waals surface area contributed by atoms with E-state index in [1.807, 2.05) is 48.7 Å². The molecule has 3 heterocycles. The van der Waals surface area contributed by atoms with Gasteiger partial charge in [0.2, 0.25) is 0 Å². The second kappa shape index (κ2) is 6.81. The van der Waals surface area contributed by atoms with E-state index in [9.17, 15) is 0 Å². The maximum Gasteiger partial charge on any atom is 0.253 e. The van der Waals surface area contributed by atoms with Crippen LogP contribution in [0.1, 0.15) is 11.4 Å². The van der Waals surface area contributed by atoms with E-state index >= 15 is 0 Å². The first-order chi connectivity index (χ1) is 13.1. The van der Waals surface area contributed by atoms with E-state index in [-0.39, 0.29) is 0 Å². The minimum atomic E-state index is 0.513. The zero-order chi connectivity index (χ0) is 19.0. The van der Waals surface area contributed by atoms with Crippen LogP contribution >= 0.6 is 0 Å². The van der Waals surface area contributed by atoms with Crippen molar-refractivity contribution in [2.75, 3.05) is 19.5 Å². The highest BCUT2D eigenvalue weighted by Crippen LogP contribution is 2.27. The van der Waals surface area contributed by atoms with Crippen LogP contribution in [0, 0.1) is 13.8 Å². The van der Waals surface area contributed by atoms with E-state index in [2.05, 4.69) is 10.1 Å². The summed E-state index contributed by atoms with van der Waals surface area (Å²) in [5.41, 5.74) is 11.6. The largest absolute Gasteiger partial charge is 0.399 e. The van der Waals surface area contributed by atoms with Gasteiger partial charge in [-0.15, -0.1) is 0 Å². The Kier molecular flexibility index (Phi) is 4.33. The molecule has 2 N–H and O–H groups in total. The summed E-state index contributed by atoms with van der Waals surface area (Å²) < 4.78 is 8.93. The van der Waals surface area contributed by atoms with Crippen molar-refractivity contribution in [3.05, 3.63) is 48.0 Å². The highest BCUT2D eigenvalue weighted by molar-refractivity contribution is 5.88. The minimum Gasteiger partial charge on any atom is -0.399 e. The third-order valence-electron chi connectivity index (χ3n) is 4.37. The van der Waals surface area contributed by atoms with Crippen LogP contribution in [0.15, 0.2) is 36.7 Å². The molecule has 0 radical (unpaired) electrons. The molecule has 0 saturated carbocycles. The SMILES string of the molecule is COCCn1cnc2c(-c3ccc(N)cc3)nc(-n3nc(C)cc3C)nc21. The Bertz CT molecular complexity index is 1100. The van der Waals surface area contributed by atoms with Crippen molar-refractivity contribution in [2.45, 2.75) is 20.4 Å². The first-order valence-corrected chi connectivity index (χ1v) is 8.68. The van der Waals surface area contributed by atoms with Crippen molar-refractivity contribution < 1.29 is 4.74 Å². The summed E-state index contributed by atoms with van der Waals surface area (Å²) in [5, 5.41) is 4.53. The standard InChI is InChI=1S/C19H21N7O/c1-12-10-13(2)26(24-12)19-22-16(14-4-6-15(20)7-5-14)17-18(23-19)25(11-21-17)8-9-27-3/h4-7,10-11H,8-9,20H2,1-3H3. The highest BCUT2D eigenvalue weighted by atomic mass is 16.5. The lowest BCUT2D eigenvalue weighted by atomic mass is 10.1. The number of methoxy groups -OCH3 is 1. The molecule has 0 bridgehead atoms. The van der Waals surface area contributed by atoms with E-state index in [0.29, 0.717) is 24.8 Å². The molecule has 0 saturated heterocycles. The molecule has 3 aromatic heterocycles. The molecule has 0 aliphatic heterocycles. The van der Waals surface area contributed by atoms with Crippen LogP contribution in [0.25, 0.3) is 28.4 Å². The fraction of sp³-hybridized carbons (Fsp3) is 0.263. The van der Waals surface area contributed by atoms with Crippen LogP contribution in [0.2, 0.25) is 0 Å². The number of benzene rings is 1. The zero-order valence-electron chi connectivity index (χ0n) is 15.5. The van der Waals surface area contributed by atoms with Gasteiger partial charge in [0.05, 0.1) is 18.6 Å². The molecule has 8 heteroatoms. The number of aryl methyl sites for hydroxylation is 2. The molecule has 0 aliphatic carbocycles. The molecule has 0 spiro atoms. The van der Waals surface area contributed by atoms with Crippen molar-refractivity contribution in [1.82, 2.24) is 29.3 Å². The molecule has 0 aliphatic rings. The van der Waals surface area contributed by atoms with E-state index in [4.69, 9.17) is 20.4 Å². The molecule has 27 heavy (non-hydrogen) atoms. The average Bonchev–Trinajstić information content (AvgIpc) is 3.22. The maximum absolute atomic E-state index is 5.84. The lowest BCUT2D eigenvalue weighted by Gasteiger charge is -2.09. The van der Waals surface area contributed by atoms with Crippen molar-refractivity contribution in [2.24, 2.45) is 0 Å². The van der Waals surface area contributed by atoms with Crippen molar-refractivity contribution in [3.63, 3.8) is 0 Å². The number of hydrogen-bond acceptors (Lipinski definition) is 6. The first-order valence-electron chi connectivity index (χ1n) is 8.68. The fourth-order valence-electron chi connectivity index (χ4n) is 3.05. The van der Waals surface area contributed by atoms with Gasteiger partial charge in [-0.25, -0.2) is 14.6 Å². The Morgan fingerprint density at radius 2 is 1.89 bits per heavy atom. The third kappa shape index (κ3) is 3.15. The van der Waals surface area contributed by atoms with Crippen LogP contribution in [-0.4, -0.2) is 43.0 Å². The number of nitrogens with zero attached hydrogens (tertiary/aromatic N) is 6. The number of anilines is 1. The summed E-state index contributed by atoms with van der Waals surface area (Å²) in [5.74, 6) is 0.513. The van der Waals surface area contributed by atoms with E-state index < -0.39 is 0 Å². The van der Waals surface area contributed by atoms with Gasteiger partial charge in [-0.3, -0.25) is 0 Å². The van der Waals surface area contributed by atoms with Gasteiger partial charge >= 0.3 is 0 Å². The highest BCUT2D eigenvalue weighted by Gasteiger charge is 2.17. The molecule has 138 valence electrons. The topological polar surface area (TPSA) is 96.7 Å². The molecule has 0 amide bonds. The number of nitrogens with two attached hydrogens (primary N) is 1. The van der Waals surface area contributed by atoms with Crippen LogP contribution in [0.5, 0.6) is 0 Å². The van der Waals surface area contributed by atoms with Gasteiger partial charge in [0.15, 0.2) is 5.65 Å². The number of imidazole rings is 1. The summed E-state index contributed by atoms with van der Waals surface area (Å²) in [6.45, 7) is 5.16. The molecule has 4 rings (SSSR count). The lowest BCUT2D eigenvalue weighted by molar-refractivity contribution is 0.188. The summed E-state index contributed by atoms with van der Waals surface area (Å²) >= 11 is 0. The molecule has 0 fully saturated rings. The zero-order valence-corrected chi connectivity index (χ0v) is 15.5. The van der Waals surface area contributed by atoms with Crippen LogP contribution < -0.4 is 5.73 Å². The fourth-order valence-corrected chi connectivity index (χ4v) is 3.05. The smallest absolute Gasteiger partial charge is 0.253 e. The quantitative estimate of drug-likeness (QED) is 0.547. The molecular formula is C19H21N7O. The lowest BCUT2D eigenvalue weighted by Crippen LogP contribution is -2.09. The second-order valence-corrected chi connectivity index (χ2v) is 6.44. The van der Waals surface area contributed by atoms with Gasteiger partial charge in [-0.05, 0) is 32.0 Å². The third-order valence-corrected chi connectivity index (χ3v) is 4.37. The van der Waals surface area contributed by atoms with Gasteiger partial charge in [0.1, 0.15) is 11.2 Å². The van der Waals surface area contributed by atoms with Gasteiger partial charge < -0.3 is 15.0 Å². The Balaban J connectivity index is 1.96. The number of nitrogen functional groups attached to an aromatic ring is 1. The van der Waals surface area contributed by atoms with Crippen LogP contribution in [0.4, 0.5) is 5.69 Å². The molecule has 0 unspecified atom stereocenters. The number of fused-ring (bicyclic) bond motifs is 1. The summed E-state index contributed by atoms with van der Waals surface area (Å²) in [6, 6.07) is 9.59. The normalized spacial score (nSPS) is 11.4. The monoisotopic (exact) mass is 363 g/mol. The minimum absolute atomic E-state index is 0.513. The summed E-state index contributed by atoms with van der Waals surface area (Å²) in [6.07, 6.45) is 1.77. The van der Waals surface area contributed by atoms with Gasteiger partial charge in [0, 0.05) is 30.6 Å². The van der Waals surface area contributed by atoms with Gasteiger partial charge in [-0.2, -0.15) is 10.1 Å². The van der Waals surface area contributed by atoms with E-state index in [1.54, 1.807) is 18.1 Å². The average molecular weight is 363 g/mol. The first kappa shape index (κ1) is 17.2. The van der Waals surface area contributed by atoms with Gasteiger partial charge in [-0.1, -0.05) is 12.1 Å². The van der Waals surface area contributed by atoms with Crippen molar-refractivity contribution in [3.8, 4) is 17.2 Å². The Hall–Kier alpha value is -3.26. The maximum atomic E-state index is 5.84. The summed E-state index contributed by atoms with van der Waals surface area (Å²) in [7, 11) is 1.68. The van der Waals surface area contributed by atoms with Crippen molar-refractivity contribution in [1.29, 1.82) is 0 Å². The molecule has 1 aromatic carbocycles. The van der Waals surface area contributed by atoms with Crippen LogP contribution in [0.3, 0.4) is 0 Å². The number of aromatic nitrogens is 6. The van der Waals surface area contributed by atoms with Crippen molar-refractivity contribution >= 4 is 16.9 Å². The van der Waals surface area contributed by atoms with Crippen LogP contribution in [-0.2, 0) is 11.3 Å². The number of rotatable bonds is 5. The Morgan fingerprint density at radius 1 is 1.11 bits per heavy atom. The molecule has 4 aromatic rings. The van der Waals surface area contributed by atoms with E-state index in [1.165, 1.54) is 0 Å². The predicted molar refractivity (Wildman–Crippen MR) is 104 cm³/mol. The van der Waals surface area contributed by atoms with Gasteiger partial charge in [0.25, 0.3) is 5.95 Å². The molecule has 8 nitrogen and oxygen atoms in total. The summed E-state index contributed by atoms with van der Waals surface area (Å²) in [4.78, 5) is 14.1. The second-order valence-electron chi connectivity index (χ2n) is 6.44. The Labute approximate surface area is 156 Å². The number of hydrogen-bond donors (Lipinski definition) is 1. The number of ether oxygens (including phenoxy) is 1. The van der Waals surface area contributed by atoms with E-state index in [0.717, 1.165) is 33.8 Å². The Morgan fingerprint density at radius 3 is 2.56 bits per heavy atom. The molecular weight excluding hydrogens is 342 g/mol. The molecule has 0 atom stereocenters. The predicted octanol–water partition coefficient (Wildman–Crippen LogP) is 2.52.